The monoisotopic (exact) mass is 339 g/mol. The first-order valence-electron chi connectivity index (χ1n) is 7.64. The van der Waals surface area contributed by atoms with Crippen molar-refractivity contribution in [3.63, 3.8) is 0 Å². The third-order valence-electron chi connectivity index (χ3n) is 3.66. The largest absolute Gasteiger partial charge is 0.477 e. The summed E-state index contributed by atoms with van der Waals surface area (Å²) in [7, 11) is 0. The first-order chi connectivity index (χ1) is 11.6. The first-order valence-corrected chi connectivity index (χ1v) is 8.46. The Morgan fingerprint density at radius 3 is 2.17 bits per heavy atom. The number of aromatic carboxylic acids is 1. The van der Waals surface area contributed by atoms with Gasteiger partial charge in [-0.3, -0.25) is 0 Å². The van der Waals surface area contributed by atoms with Crippen molar-refractivity contribution in [2.45, 2.75) is 20.3 Å². The zero-order valence-corrected chi connectivity index (χ0v) is 14.3. The second kappa shape index (κ2) is 6.84. The third-order valence-corrected chi connectivity index (χ3v) is 4.85. The van der Waals surface area contributed by atoms with Gasteiger partial charge in [-0.25, -0.2) is 9.78 Å². The van der Waals surface area contributed by atoms with Crippen molar-refractivity contribution in [3.05, 3.63) is 64.7 Å². The molecular weight excluding hydrogens is 322 g/mol. The molecule has 0 aliphatic rings. The molecule has 1 N–H and O–H groups in total. The summed E-state index contributed by atoms with van der Waals surface area (Å²) < 4.78 is 5.82. The molecule has 122 valence electrons. The molecule has 1 aromatic heterocycles. The van der Waals surface area contributed by atoms with Crippen LogP contribution in [0.4, 0.5) is 0 Å². The van der Waals surface area contributed by atoms with E-state index in [9.17, 15) is 4.79 Å². The van der Waals surface area contributed by atoms with E-state index in [2.05, 4.69) is 24.0 Å². The van der Waals surface area contributed by atoms with Crippen LogP contribution in [0.1, 0.15) is 27.9 Å². The molecule has 0 bridgehead atoms. The third kappa shape index (κ3) is 3.46. The van der Waals surface area contributed by atoms with Crippen molar-refractivity contribution in [1.82, 2.24) is 4.98 Å². The number of hydrogen-bond donors (Lipinski definition) is 1. The van der Waals surface area contributed by atoms with Crippen LogP contribution in [-0.4, -0.2) is 16.1 Å². The van der Waals surface area contributed by atoms with Crippen molar-refractivity contribution in [2.24, 2.45) is 0 Å². The molecule has 0 unspecified atom stereocenters. The minimum Gasteiger partial charge on any atom is -0.477 e. The predicted molar refractivity (Wildman–Crippen MR) is 95.1 cm³/mol. The topological polar surface area (TPSA) is 59.4 Å². The van der Waals surface area contributed by atoms with Crippen LogP contribution in [-0.2, 0) is 6.42 Å². The fraction of sp³-hybridized carbons (Fsp3) is 0.158. The van der Waals surface area contributed by atoms with Gasteiger partial charge < -0.3 is 9.84 Å². The fourth-order valence-corrected chi connectivity index (χ4v) is 3.22. The molecule has 0 atom stereocenters. The summed E-state index contributed by atoms with van der Waals surface area (Å²) in [5.74, 6) is 0.583. The van der Waals surface area contributed by atoms with Crippen LogP contribution >= 0.6 is 11.3 Å². The van der Waals surface area contributed by atoms with Crippen molar-refractivity contribution < 1.29 is 14.6 Å². The zero-order valence-electron chi connectivity index (χ0n) is 13.4. The van der Waals surface area contributed by atoms with E-state index in [1.807, 2.05) is 36.4 Å². The molecule has 1 heterocycles. The van der Waals surface area contributed by atoms with Crippen molar-refractivity contribution in [3.8, 4) is 22.1 Å². The summed E-state index contributed by atoms with van der Waals surface area (Å²) in [5.41, 5.74) is 2.69. The lowest BCUT2D eigenvalue weighted by molar-refractivity contribution is 0.0701. The number of ether oxygens (including phenoxy) is 1. The number of aromatic nitrogens is 1. The molecule has 0 amide bonds. The van der Waals surface area contributed by atoms with Crippen LogP contribution in [0.15, 0.2) is 48.5 Å². The van der Waals surface area contributed by atoms with Gasteiger partial charge in [-0.1, -0.05) is 19.1 Å². The number of thiazole rings is 1. The van der Waals surface area contributed by atoms with E-state index < -0.39 is 5.97 Å². The smallest absolute Gasteiger partial charge is 0.347 e. The summed E-state index contributed by atoms with van der Waals surface area (Å²) in [4.78, 5) is 15.7. The molecule has 3 aromatic rings. The number of hydrogen-bond acceptors (Lipinski definition) is 4. The molecule has 5 heteroatoms. The van der Waals surface area contributed by atoms with Gasteiger partial charge in [0.15, 0.2) is 0 Å². The first kappa shape index (κ1) is 16.2. The van der Waals surface area contributed by atoms with E-state index in [0.717, 1.165) is 23.5 Å². The number of carboxylic acid groups (broad SMARTS) is 1. The zero-order chi connectivity index (χ0) is 17.1. The predicted octanol–water partition coefficient (Wildman–Crippen LogP) is 5.17. The van der Waals surface area contributed by atoms with E-state index in [4.69, 9.17) is 9.84 Å². The molecule has 0 aliphatic heterocycles. The highest BCUT2D eigenvalue weighted by atomic mass is 32.1. The van der Waals surface area contributed by atoms with Crippen LogP contribution in [0.25, 0.3) is 10.6 Å². The number of benzene rings is 2. The van der Waals surface area contributed by atoms with Gasteiger partial charge in [0.25, 0.3) is 0 Å². The Balaban J connectivity index is 1.77. The van der Waals surface area contributed by atoms with Gasteiger partial charge in [-0.15, -0.1) is 11.3 Å². The van der Waals surface area contributed by atoms with Crippen LogP contribution in [0, 0.1) is 6.92 Å². The van der Waals surface area contributed by atoms with Crippen molar-refractivity contribution in [1.29, 1.82) is 0 Å². The molecular formula is C19H17NO3S. The summed E-state index contributed by atoms with van der Waals surface area (Å²) in [6.45, 7) is 3.82. The molecule has 0 spiro atoms. The molecule has 0 saturated carbocycles. The quantitative estimate of drug-likeness (QED) is 0.696. The van der Waals surface area contributed by atoms with Gasteiger partial charge in [0.1, 0.15) is 21.4 Å². The number of carbonyl (C=O) groups is 1. The van der Waals surface area contributed by atoms with Crippen molar-refractivity contribution in [2.75, 3.05) is 0 Å². The minimum absolute atomic E-state index is 0.279. The Labute approximate surface area is 144 Å². The van der Waals surface area contributed by atoms with Crippen LogP contribution < -0.4 is 4.74 Å². The lowest BCUT2D eigenvalue weighted by Gasteiger charge is -2.07. The van der Waals surface area contributed by atoms with E-state index >= 15 is 0 Å². The second-order valence-electron chi connectivity index (χ2n) is 5.36. The normalized spacial score (nSPS) is 10.6. The van der Waals surface area contributed by atoms with Gasteiger partial charge in [0, 0.05) is 5.56 Å². The van der Waals surface area contributed by atoms with E-state index in [1.165, 1.54) is 16.9 Å². The molecule has 3 rings (SSSR count). The van der Waals surface area contributed by atoms with Gasteiger partial charge in [0.05, 0.1) is 5.69 Å². The number of carboxylic acids is 1. The summed E-state index contributed by atoms with van der Waals surface area (Å²) in [6, 6.07) is 15.5. The van der Waals surface area contributed by atoms with Crippen molar-refractivity contribution >= 4 is 17.3 Å². The van der Waals surface area contributed by atoms with Gasteiger partial charge in [-0.2, -0.15) is 0 Å². The minimum atomic E-state index is -0.938. The summed E-state index contributed by atoms with van der Waals surface area (Å²) in [6.07, 6.45) is 1.00. The molecule has 0 fully saturated rings. The molecule has 0 radical (unpaired) electrons. The fourth-order valence-electron chi connectivity index (χ4n) is 2.31. The van der Waals surface area contributed by atoms with Gasteiger partial charge >= 0.3 is 5.97 Å². The van der Waals surface area contributed by atoms with Crippen LogP contribution in [0.3, 0.4) is 0 Å². The van der Waals surface area contributed by atoms with E-state index in [1.54, 1.807) is 6.92 Å². The second-order valence-corrected chi connectivity index (χ2v) is 6.36. The summed E-state index contributed by atoms with van der Waals surface area (Å²) in [5, 5.41) is 9.82. The van der Waals surface area contributed by atoms with E-state index in [0.29, 0.717) is 10.7 Å². The molecule has 24 heavy (non-hydrogen) atoms. The summed E-state index contributed by atoms with van der Waals surface area (Å²) >= 11 is 1.18. The SMILES string of the molecule is CCc1ccc(Oc2ccc(-c3nc(C)c(C(=O)O)s3)cc2)cc1. The Bertz CT molecular complexity index is 851. The average molecular weight is 339 g/mol. The Hall–Kier alpha value is -2.66. The Morgan fingerprint density at radius 2 is 1.67 bits per heavy atom. The highest BCUT2D eigenvalue weighted by Gasteiger charge is 2.15. The molecule has 0 aliphatic carbocycles. The van der Waals surface area contributed by atoms with Gasteiger partial charge in [0.2, 0.25) is 0 Å². The lowest BCUT2D eigenvalue weighted by Crippen LogP contribution is -1.94. The highest BCUT2D eigenvalue weighted by Crippen LogP contribution is 2.30. The number of nitrogens with zero attached hydrogens (tertiary/aromatic N) is 1. The van der Waals surface area contributed by atoms with Crippen LogP contribution in [0.5, 0.6) is 11.5 Å². The average Bonchev–Trinajstić information content (AvgIpc) is 2.98. The molecule has 4 nitrogen and oxygen atoms in total. The number of rotatable bonds is 5. The van der Waals surface area contributed by atoms with Gasteiger partial charge in [-0.05, 0) is 55.3 Å². The standard InChI is InChI=1S/C19H17NO3S/c1-3-13-4-8-15(9-5-13)23-16-10-6-14(7-11-16)18-20-12(2)17(24-18)19(21)22/h4-11H,3H2,1-2H3,(H,21,22). The highest BCUT2D eigenvalue weighted by molar-refractivity contribution is 7.17. The lowest BCUT2D eigenvalue weighted by atomic mass is 10.2. The maximum absolute atomic E-state index is 11.1. The van der Waals surface area contributed by atoms with Crippen LogP contribution in [0.2, 0.25) is 0 Å². The maximum Gasteiger partial charge on any atom is 0.347 e. The number of aryl methyl sites for hydroxylation is 2. The Morgan fingerprint density at radius 1 is 1.08 bits per heavy atom. The maximum atomic E-state index is 11.1. The molecule has 0 saturated heterocycles. The Kier molecular flexibility index (Phi) is 4.62. The van der Waals surface area contributed by atoms with E-state index in [-0.39, 0.29) is 4.88 Å². The molecule has 2 aromatic carbocycles.